The molecule has 0 saturated heterocycles. The van der Waals surface area contributed by atoms with E-state index in [9.17, 15) is 0 Å². The first kappa shape index (κ1) is 14.0. The van der Waals surface area contributed by atoms with Crippen LogP contribution in [0.25, 0.3) is 0 Å². The normalized spacial score (nSPS) is 19.7. The molecule has 0 radical (unpaired) electrons. The van der Waals surface area contributed by atoms with Crippen molar-refractivity contribution in [2.75, 3.05) is 0 Å². The average Bonchev–Trinajstić information content (AvgIpc) is 2.44. The lowest BCUT2D eigenvalue weighted by atomic mass is 9.89. The number of ether oxygens (including phenoxy) is 1. The molecule has 21 heavy (non-hydrogen) atoms. The van der Waals surface area contributed by atoms with Gasteiger partial charge in [-0.25, -0.2) is 9.97 Å². The number of aryl methyl sites for hydroxylation is 1. The minimum Gasteiger partial charge on any atom is -0.487 e. The summed E-state index contributed by atoms with van der Waals surface area (Å²) in [6, 6.07) is 10.5. The summed E-state index contributed by atoms with van der Waals surface area (Å²) in [5, 5.41) is 3.61. The summed E-state index contributed by atoms with van der Waals surface area (Å²) in [6.07, 6.45) is 2.75. The summed E-state index contributed by atoms with van der Waals surface area (Å²) in [5.74, 6) is 1.78. The zero-order valence-electron chi connectivity index (χ0n) is 12.8. The fourth-order valence-corrected chi connectivity index (χ4v) is 2.82. The molecule has 1 atom stereocenters. The summed E-state index contributed by atoms with van der Waals surface area (Å²) in [5.41, 5.74) is 2.08. The highest BCUT2D eigenvalue weighted by molar-refractivity contribution is 5.38. The Morgan fingerprint density at radius 1 is 1.29 bits per heavy atom. The number of rotatable bonds is 3. The summed E-state index contributed by atoms with van der Waals surface area (Å²) in [6.45, 7) is 6.91. The predicted octanol–water partition coefficient (Wildman–Crippen LogP) is 3.18. The van der Waals surface area contributed by atoms with Crippen LogP contribution in [0.4, 0.5) is 0 Å². The van der Waals surface area contributed by atoms with Gasteiger partial charge in [-0.05, 0) is 32.9 Å². The summed E-state index contributed by atoms with van der Waals surface area (Å²) in [7, 11) is 0. The molecule has 1 aromatic carbocycles. The first-order valence-corrected chi connectivity index (χ1v) is 7.33. The Kier molecular flexibility index (Phi) is 3.64. The summed E-state index contributed by atoms with van der Waals surface area (Å²) < 4.78 is 6.06. The first-order chi connectivity index (χ1) is 10.0. The van der Waals surface area contributed by atoms with E-state index in [2.05, 4.69) is 41.3 Å². The van der Waals surface area contributed by atoms with Crippen molar-refractivity contribution in [3.8, 4) is 5.75 Å². The van der Waals surface area contributed by atoms with Gasteiger partial charge in [-0.3, -0.25) is 0 Å². The molecule has 3 rings (SSSR count). The molecule has 0 bridgehead atoms. The topological polar surface area (TPSA) is 47.0 Å². The van der Waals surface area contributed by atoms with Crippen LogP contribution in [0.1, 0.15) is 43.4 Å². The van der Waals surface area contributed by atoms with E-state index < -0.39 is 0 Å². The first-order valence-electron chi connectivity index (χ1n) is 7.33. The van der Waals surface area contributed by atoms with Gasteiger partial charge in [0.2, 0.25) is 0 Å². The van der Waals surface area contributed by atoms with Crippen LogP contribution >= 0.6 is 0 Å². The van der Waals surface area contributed by atoms with Crippen molar-refractivity contribution >= 4 is 0 Å². The van der Waals surface area contributed by atoms with Crippen molar-refractivity contribution in [1.29, 1.82) is 0 Å². The summed E-state index contributed by atoms with van der Waals surface area (Å²) >= 11 is 0. The molecule has 1 N–H and O–H groups in total. The SMILES string of the molecule is Cc1nccc(CNC2CC(C)(C)Oc3ccccc32)n1. The largest absolute Gasteiger partial charge is 0.487 e. The maximum atomic E-state index is 6.06. The Bertz CT molecular complexity index is 639. The highest BCUT2D eigenvalue weighted by atomic mass is 16.5. The minimum atomic E-state index is -0.159. The van der Waals surface area contributed by atoms with Crippen LogP contribution < -0.4 is 10.1 Å². The van der Waals surface area contributed by atoms with Gasteiger partial charge >= 0.3 is 0 Å². The van der Waals surface area contributed by atoms with Crippen LogP contribution in [0.15, 0.2) is 36.5 Å². The summed E-state index contributed by atoms with van der Waals surface area (Å²) in [4.78, 5) is 8.58. The molecular weight excluding hydrogens is 262 g/mol. The number of benzene rings is 1. The van der Waals surface area contributed by atoms with Crippen LogP contribution in [-0.2, 0) is 6.54 Å². The van der Waals surface area contributed by atoms with E-state index in [-0.39, 0.29) is 11.6 Å². The number of hydrogen-bond donors (Lipinski definition) is 1. The Labute approximate surface area is 125 Å². The number of aromatic nitrogens is 2. The quantitative estimate of drug-likeness (QED) is 0.940. The van der Waals surface area contributed by atoms with E-state index in [1.54, 1.807) is 6.20 Å². The van der Waals surface area contributed by atoms with Gasteiger partial charge in [-0.1, -0.05) is 18.2 Å². The lowest BCUT2D eigenvalue weighted by Gasteiger charge is -2.38. The molecule has 1 aliphatic rings. The average molecular weight is 283 g/mol. The molecule has 1 aromatic heterocycles. The number of nitrogens with one attached hydrogen (secondary N) is 1. The molecule has 0 amide bonds. The number of fused-ring (bicyclic) bond motifs is 1. The van der Waals surface area contributed by atoms with E-state index in [1.165, 1.54) is 5.56 Å². The molecule has 4 heteroatoms. The third-order valence-corrected chi connectivity index (χ3v) is 3.74. The van der Waals surface area contributed by atoms with Gasteiger partial charge in [0.05, 0.1) is 5.69 Å². The van der Waals surface area contributed by atoms with Gasteiger partial charge in [0.1, 0.15) is 17.2 Å². The maximum absolute atomic E-state index is 6.06. The molecule has 1 aliphatic heterocycles. The molecular formula is C17H21N3O. The molecule has 1 unspecified atom stereocenters. The minimum absolute atomic E-state index is 0.159. The van der Waals surface area contributed by atoms with Crippen molar-refractivity contribution < 1.29 is 4.74 Å². The van der Waals surface area contributed by atoms with Crippen molar-refractivity contribution in [3.05, 3.63) is 53.6 Å². The van der Waals surface area contributed by atoms with Crippen molar-refractivity contribution in [1.82, 2.24) is 15.3 Å². The lowest BCUT2D eigenvalue weighted by molar-refractivity contribution is 0.0656. The Balaban J connectivity index is 1.78. The van der Waals surface area contributed by atoms with Crippen LogP contribution in [0.3, 0.4) is 0 Å². The monoisotopic (exact) mass is 283 g/mol. The zero-order valence-corrected chi connectivity index (χ0v) is 12.8. The standard InChI is InChI=1S/C17H21N3O/c1-12-18-9-8-13(20-12)11-19-15-10-17(2,3)21-16-7-5-4-6-14(15)16/h4-9,15,19H,10-11H2,1-3H3. The van der Waals surface area contributed by atoms with E-state index in [0.29, 0.717) is 0 Å². The Morgan fingerprint density at radius 2 is 2.10 bits per heavy atom. The second-order valence-electron chi connectivity index (χ2n) is 6.13. The highest BCUT2D eigenvalue weighted by Crippen LogP contribution is 2.39. The third-order valence-electron chi connectivity index (χ3n) is 3.74. The maximum Gasteiger partial charge on any atom is 0.125 e. The second kappa shape index (κ2) is 5.45. The number of hydrogen-bond acceptors (Lipinski definition) is 4. The molecule has 2 heterocycles. The molecule has 110 valence electrons. The van der Waals surface area contributed by atoms with Crippen LogP contribution in [-0.4, -0.2) is 15.6 Å². The third kappa shape index (κ3) is 3.22. The second-order valence-corrected chi connectivity index (χ2v) is 6.13. The van der Waals surface area contributed by atoms with Gasteiger partial charge < -0.3 is 10.1 Å². The van der Waals surface area contributed by atoms with Crippen molar-refractivity contribution in [2.45, 2.75) is 45.4 Å². The zero-order chi connectivity index (χ0) is 14.9. The highest BCUT2D eigenvalue weighted by Gasteiger charge is 2.33. The van der Waals surface area contributed by atoms with Gasteiger partial charge in [0.25, 0.3) is 0 Å². The van der Waals surface area contributed by atoms with E-state index >= 15 is 0 Å². The van der Waals surface area contributed by atoms with Gasteiger partial charge in [0.15, 0.2) is 0 Å². The van der Waals surface area contributed by atoms with Gasteiger partial charge in [0, 0.05) is 30.8 Å². The van der Waals surface area contributed by atoms with Crippen LogP contribution in [0.5, 0.6) is 5.75 Å². The van der Waals surface area contributed by atoms with Crippen LogP contribution in [0.2, 0.25) is 0 Å². The molecule has 4 nitrogen and oxygen atoms in total. The van der Waals surface area contributed by atoms with Gasteiger partial charge in [-0.2, -0.15) is 0 Å². The fourth-order valence-electron chi connectivity index (χ4n) is 2.82. The molecule has 0 saturated carbocycles. The Hall–Kier alpha value is -1.94. The van der Waals surface area contributed by atoms with Gasteiger partial charge in [-0.15, -0.1) is 0 Å². The smallest absolute Gasteiger partial charge is 0.125 e. The molecule has 0 fully saturated rings. The number of para-hydroxylation sites is 1. The van der Waals surface area contributed by atoms with Crippen molar-refractivity contribution in [3.63, 3.8) is 0 Å². The Morgan fingerprint density at radius 3 is 2.90 bits per heavy atom. The van der Waals surface area contributed by atoms with E-state index in [4.69, 9.17) is 4.74 Å². The molecule has 2 aromatic rings. The van der Waals surface area contributed by atoms with Crippen LogP contribution in [0, 0.1) is 6.92 Å². The predicted molar refractivity (Wildman–Crippen MR) is 82.1 cm³/mol. The fraction of sp³-hybridized carbons (Fsp3) is 0.412. The van der Waals surface area contributed by atoms with E-state index in [0.717, 1.165) is 30.2 Å². The van der Waals surface area contributed by atoms with Crippen molar-refractivity contribution in [2.24, 2.45) is 0 Å². The molecule has 0 aliphatic carbocycles. The lowest BCUT2D eigenvalue weighted by Crippen LogP contribution is -2.39. The van der Waals surface area contributed by atoms with E-state index in [1.807, 2.05) is 25.1 Å². The number of nitrogens with zero attached hydrogens (tertiary/aromatic N) is 2. The molecule has 0 spiro atoms.